The molecule has 0 spiro atoms. The van der Waals surface area contributed by atoms with Gasteiger partial charge in [-0.2, -0.15) is 0 Å². The summed E-state index contributed by atoms with van der Waals surface area (Å²) in [6.07, 6.45) is 14.8. The second-order valence-corrected chi connectivity index (χ2v) is 9.25. The standard InChI is InChI=1S/C26H27N7O/c1-16-11-29-26-22(16)8-17(12-30-26)9-25(34)32-23-10-20(6-7-27-23)28-13-21-15-33-14-19(18-2-3-18)4-5-24(33)31-21/h6-8,10-12,14-15,18H,2-5,9,13H2,1H3,(H,29,30)(H2,27,28,32,34). The Morgan fingerprint density at radius 1 is 1.24 bits per heavy atom. The second-order valence-electron chi connectivity index (χ2n) is 9.25. The molecule has 1 amide bonds. The van der Waals surface area contributed by atoms with E-state index < -0.39 is 0 Å². The van der Waals surface area contributed by atoms with Crippen LogP contribution in [0.2, 0.25) is 0 Å². The van der Waals surface area contributed by atoms with Crippen molar-refractivity contribution in [3.8, 4) is 0 Å². The molecular formula is C26H27N7O. The third kappa shape index (κ3) is 4.31. The molecule has 4 aromatic rings. The molecule has 0 bridgehead atoms. The minimum atomic E-state index is -0.126. The van der Waals surface area contributed by atoms with Crippen LogP contribution in [-0.4, -0.2) is 30.4 Å². The van der Waals surface area contributed by atoms with Crippen LogP contribution in [0.15, 0.2) is 48.6 Å². The highest BCUT2D eigenvalue weighted by atomic mass is 16.1. The number of imidazole rings is 1. The summed E-state index contributed by atoms with van der Waals surface area (Å²) in [6.45, 7) is 2.64. The Hall–Kier alpha value is -3.94. The number of fused-ring (bicyclic) bond motifs is 2. The van der Waals surface area contributed by atoms with E-state index in [1.165, 1.54) is 12.8 Å². The topological polar surface area (TPSA) is 101 Å². The quantitative estimate of drug-likeness (QED) is 0.384. The van der Waals surface area contributed by atoms with Gasteiger partial charge in [0.05, 0.1) is 18.7 Å². The lowest BCUT2D eigenvalue weighted by molar-refractivity contribution is -0.115. The van der Waals surface area contributed by atoms with E-state index in [0.29, 0.717) is 12.4 Å². The van der Waals surface area contributed by atoms with E-state index in [9.17, 15) is 4.79 Å². The van der Waals surface area contributed by atoms with E-state index in [2.05, 4.69) is 42.5 Å². The fourth-order valence-corrected chi connectivity index (χ4v) is 4.58. The van der Waals surface area contributed by atoms with Crippen molar-refractivity contribution in [3.63, 3.8) is 0 Å². The minimum absolute atomic E-state index is 0.126. The van der Waals surface area contributed by atoms with Crippen LogP contribution >= 0.6 is 0 Å². The number of nitrogens with zero attached hydrogens (tertiary/aromatic N) is 4. The molecule has 172 valence electrons. The SMILES string of the molecule is Cc1c[nH]c2ncc(CC(=O)Nc3cc(NCc4cn5c(n4)CCC(C4CC4)=C5)ccn3)cc12. The molecule has 1 aliphatic heterocycles. The van der Waals surface area contributed by atoms with E-state index in [-0.39, 0.29) is 12.3 Å². The number of rotatable bonds is 7. The summed E-state index contributed by atoms with van der Waals surface area (Å²) in [7, 11) is 0. The van der Waals surface area contributed by atoms with E-state index in [0.717, 1.165) is 58.1 Å². The van der Waals surface area contributed by atoms with Gasteiger partial charge in [-0.3, -0.25) is 4.79 Å². The van der Waals surface area contributed by atoms with Gasteiger partial charge in [-0.25, -0.2) is 15.0 Å². The maximum absolute atomic E-state index is 12.6. The molecular weight excluding hydrogens is 426 g/mol. The number of pyridine rings is 2. The maximum Gasteiger partial charge on any atom is 0.230 e. The number of hydrogen-bond acceptors (Lipinski definition) is 5. The monoisotopic (exact) mass is 453 g/mol. The van der Waals surface area contributed by atoms with Crippen molar-refractivity contribution in [1.29, 1.82) is 0 Å². The Balaban J connectivity index is 1.07. The normalized spacial score (nSPS) is 15.1. The molecule has 5 heterocycles. The molecule has 8 nitrogen and oxygen atoms in total. The van der Waals surface area contributed by atoms with Crippen molar-refractivity contribution in [1.82, 2.24) is 24.5 Å². The predicted molar refractivity (Wildman–Crippen MR) is 132 cm³/mol. The van der Waals surface area contributed by atoms with Gasteiger partial charge in [0.25, 0.3) is 0 Å². The summed E-state index contributed by atoms with van der Waals surface area (Å²) in [5.41, 5.74) is 6.27. The smallest absolute Gasteiger partial charge is 0.230 e. The van der Waals surface area contributed by atoms with Gasteiger partial charge in [-0.05, 0) is 60.9 Å². The van der Waals surface area contributed by atoms with E-state index in [1.807, 2.05) is 31.3 Å². The molecule has 0 unspecified atom stereocenters. The molecule has 0 atom stereocenters. The van der Waals surface area contributed by atoms with Gasteiger partial charge < -0.3 is 20.2 Å². The van der Waals surface area contributed by atoms with Gasteiger partial charge >= 0.3 is 0 Å². The predicted octanol–water partition coefficient (Wildman–Crippen LogP) is 4.45. The van der Waals surface area contributed by atoms with Crippen molar-refractivity contribution in [3.05, 3.63) is 71.2 Å². The number of carbonyl (C=O) groups excluding carboxylic acids is 1. The Morgan fingerprint density at radius 2 is 2.15 bits per heavy atom. The van der Waals surface area contributed by atoms with Gasteiger partial charge in [-0.1, -0.05) is 0 Å². The number of carbonyl (C=O) groups is 1. The fraction of sp³-hybridized carbons (Fsp3) is 0.308. The van der Waals surface area contributed by atoms with Crippen LogP contribution in [0.4, 0.5) is 11.5 Å². The number of aromatic amines is 1. The lowest BCUT2D eigenvalue weighted by Crippen LogP contribution is -2.15. The summed E-state index contributed by atoms with van der Waals surface area (Å²) in [5.74, 6) is 2.33. The first-order valence-corrected chi connectivity index (χ1v) is 11.8. The van der Waals surface area contributed by atoms with Crippen molar-refractivity contribution in [2.24, 2.45) is 5.92 Å². The van der Waals surface area contributed by atoms with Crippen molar-refractivity contribution >= 4 is 34.6 Å². The number of aromatic nitrogens is 5. The van der Waals surface area contributed by atoms with Crippen LogP contribution in [0.1, 0.15) is 41.9 Å². The molecule has 2 aliphatic rings. The summed E-state index contributed by atoms with van der Waals surface area (Å²) in [6, 6.07) is 5.74. The Morgan fingerprint density at radius 3 is 3.03 bits per heavy atom. The average Bonchev–Trinajstić information content (AvgIpc) is 3.51. The van der Waals surface area contributed by atoms with Crippen molar-refractivity contribution in [2.45, 2.75) is 45.6 Å². The van der Waals surface area contributed by atoms with Gasteiger partial charge in [0.15, 0.2) is 0 Å². The molecule has 1 fully saturated rings. The molecule has 0 saturated heterocycles. The molecule has 0 radical (unpaired) electrons. The maximum atomic E-state index is 12.6. The molecule has 8 heteroatoms. The average molecular weight is 454 g/mol. The summed E-state index contributed by atoms with van der Waals surface area (Å²) in [5, 5.41) is 7.33. The van der Waals surface area contributed by atoms with Crippen LogP contribution in [-0.2, 0) is 24.2 Å². The zero-order valence-electron chi connectivity index (χ0n) is 19.1. The first kappa shape index (κ1) is 20.7. The summed E-state index contributed by atoms with van der Waals surface area (Å²) >= 11 is 0. The molecule has 6 rings (SSSR count). The van der Waals surface area contributed by atoms with Gasteiger partial charge in [0.2, 0.25) is 5.91 Å². The number of hydrogen-bond donors (Lipinski definition) is 3. The van der Waals surface area contributed by atoms with E-state index in [1.54, 1.807) is 18.0 Å². The molecule has 0 aromatic carbocycles. The highest BCUT2D eigenvalue weighted by Gasteiger charge is 2.28. The molecule has 4 aromatic heterocycles. The van der Waals surface area contributed by atoms with Crippen LogP contribution in [0.3, 0.4) is 0 Å². The van der Waals surface area contributed by atoms with Gasteiger partial charge in [-0.15, -0.1) is 0 Å². The number of H-pyrrole nitrogens is 1. The first-order valence-electron chi connectivity index (χ1n) is 11.8. The Labute approximate surface area is 197 Å². The van der Waals surface area contributed by atoms with Gasteiger partial charge in [0.1, 0.15) is 17.3 Å². The Bertz CT molecular complexity index is 1410. The third-order valence-electron chi connectivity index (χ3n) is 6.56. The number of anilines is 2. The zero-order chi connectivity index (χ0) is 23.1. The van der Waals surface area contributed by atoms with Crippen LogP contribution in [0.25, 0.3) is 17.2 Å². The molecule has 1 saturated carbocycles. The number of nitrogens with one attached hydrogen (secondary N) is 3. The summed E-state index contributed by atoms with van der Waals surface area (Å²) in [4.78, 5) is 29.2. The van der Waals surface area contributed by atoms with Gasteiger partial charge in [0, 0.05) is 54.5 Å². The number of amides is 1. The second kappa shape index (κ2) is 8.44. The van der Waals surface area contributed by atoms with Crippen molar-refractivity contribution in [2.75, 3.05) is 10.6 Å². The third-order valence-corrected chi connectivity index (χ3v) is 6.56. The molecule has 34 heavy (non-hydrogen) atoms. The lowest BCUT2D eigenvalue weighted by Gasteiger charge is -2.13. The first-order chi connectivity index (χ1) is 16.6. The zero-order valence-corrected chi connectivity index (χ0v) is 19.1. The lowest BCUT2D eigenvalue weighted by atomic mass is 10.0. The van der Waals surface area contributed by atoms with Crippen LogP contribution < -0.4 is 10.6 Å². The Kier molecular flexibility index (Phi) is 5.13. The van der Waals surface area contributed by atoms with E-state index >= 15 is 0 Å². The minimum Gasteiger partial charge on any atom is -0.379 e. The van der Waals surface area contributed by atoms with Crippen molar-refractivity contribution < 1.29 is 4.79 Å². The molecule has 3 N–H and O–H groups in total. The summed E-state index contributed by atoms with van der Waals surface area (Å²) < 4.78 is 2.19. The highest BCUT2D eigenvalue weighted by Crippen LogP contribution is 2.40. The number of allylic oxidation sites excluding steroid dienone is 1. The van der Waals surface area contributed by atoms with Crippen LogP contribution in [0, 0.1) is 12.8 Å². The van der Waals surface area contributed by atoms with Crippen LogP contribution in [0.5, 0.6) is 0 Å². The highest BCUT2D eigenvalue weighted by molar-refractivity contribution is 5.92. The molecule has 1 aliphatic carbocycles. The fourth-order valence-electron chi connectivity index (χ4n) is 4.58. The largest absolute Gasteiger partial charge is 0.379 e. The van der Waals surface area contributed by atoms with E-state index in [4.69, 9.17) is 4.98 Å². The number of aryl methyl sites for hydroxylation is 2.